The highest BCUT2D eigenvalue weighted by molar-refractivity contribution is 5.72. The summed E-state index contributed by atoms with van der Waals surface area (Å²) in [6, 6.07) is 10.8. The third-order valence-electron chi connectivity index (χ3n) is 6.34. The largest absolute Gasteiger partial charge is 0.508 e. The van der Waals surface area contributed by atoms with Crippen molar-refractivity contribution in [2.45, 2.75) is 97.0 Å². The second-order valence-electron chi connectivity index (χ2n) is 9.12. The second-order valence-corrected chi connectivity index (χ2v) is 9.12. The number of benzene rings is 2. The van der Waals surface area contributed by atoms with Crippen molar-refractivity contribution in [2.24, 2.45) is 0 Å². The van der Waals surface area contributed by atoms with Crippen LogP contribution in [0.4, 0.5) is 0 Å². The molecule has 1 heterocycles. The van der Waals surface area contributed by atoms with E-state index < -0.39 is 0 Å². The third kappa shape index (κ3) is 7.96. The Hall–Kier alpha value is -2.69. The fraction of sp³-hybridized carbons (Fsp3) is 0.552. The maximum atomic E-state index is 12.3. The molecule has 0 bridgehead atoms. The highest BCUT2D eigenvalue weighted by atomic mass is 16.5. The van der Waals surface area contributed by atoms with E-state index in [1.165, 1.54) is 44.9 Å². The standard InChI is InChI=1S/C29H40O5/c1-3-5-6-7-8-9-10-11-12-13-29(31)33-24-17-18-25(28(21-24)32-4-2)26-19-15-22-14-16-23(30)20-27(22)34-26/h14,16-18,20-21,26,30H,3-13,15,19H2,1-2H3. The smallest absolute Gasteiger partial charge is 0.311 e. The molecule has 0 aromatic heterocycles. The van der Waals surface area contributed by atoms with E-state index in [9.17, 15) is 9.90 Å². The Morgan fingerprint density at radius 2 is 1.71 bits per heavy atom. The molecule has 0 saturated heterocycles. The van der Waals surface area contributed by atoms with E-state index in [-0.39, 0.29) is 17.8 Å². The molecule has 2 aromatic carbocycles. The first-order chi connectivity index (χ1) is 16.6. The van der Waals surface area contributed by atoms with Gasteiger partial charge in [-0.25, -0.2) is 0 Å². The van der Waals surface area contributed by atoms with Gasteiger partial charge in [0.15, 0.2) is 0 Å². The molecule has 1 unspecified atom stereocenters. The molecule has 5 nitrogen and oxygen atoms in total. The number of esters is 1. The van der Waals surface area contributed by atoms with Gasteiger partial charge in [0, 0.05) is 24.1 Å². The van der Waals surface area contributed by atoms with Gasteiger partial charge < -0.3 is 19.3 Å². The lowest BCUT2D eigenvalue weighted by atomic mass is 9.96. The summed E-state index contributed by atoms with van der Waals surface area (Å²) < 4.78 is 17.6. The van der Waals surface area contributed by atoms with E-state index in [2.05, 4.69) is 6.92 Å². The molecule has 1 atom stereocenters. The Morgan fingerprint density at radius 1 is 0.971 bits per heavy atom. The topological polar surface area (TPSA) is 65.0 Å². The molecule has 1 N–H and O–H groups in total. The summed E-state index contributed by atoms with van der Waals surface area (Å²) in [5.41, 5.74) is 2.02. The molecular weight excluding hydrogens is 428 g/mol. The first kappa shape index (κ1) is 25.9. The van der Waals surface area contributed by atoms with Gasteiger partial charge in [-0.2, -0.15) is 0 Å². The van der Waals surface area contributed by atoms with Crippen LogP contribution >= 0.6 is 0 Å². The molecule has 5 heteroatoms. The second kappa shape index (κ2) is 13.9. The van der Waals surface area contributed by atoms with Crippen LogP contribution < -0.4 is 14.2 Å². The summed E-state index contributed by atoms with van der Waals surface area (Å²) in [5.74, 6) is 1.87. The van der Waals surface area contributed by atoms with Crippen LogP contribution in [0.5, 0.6) is 23.0 Å². The minimum atomic E-state index is -0.198. The summed E-state index contributed by atoms with van der Waals surface area (Å²) in [6.45, 7) is 4.68. The van der Waals surface area contributed by atoms with Gasteiger partial charge in [-0.3, -0.25) is 4.79 Å². The number of rotatable bonds is 14. The quantitative estimate of drug-likeness (QED) is 0.175. The Bertz CT molecular complexity index is 907. The van der Waals surface area contributed by atoms with Crippen LogP contribution in [0, 0.1) is 0 Å². The first-order valence-corrected chi connectivity index (χ1v) is 13.1. The summed E-state index contributed by atoms with van der Waals surface area (Å²) >= 11 is 0. The van der Waals surface area contributed by atoms with Crippen LogP contribution in [0.2, 0.25) is 0 Å². The van der Waals surface area contributed by atoms with Gasteiger partial charge in [0.05, 0.1) is 6.61 Å². The van der Waals surface area contributed by atoms with Crippen molar-refractivity contribution < 1.29 is 24.1 Å². The highest BCUT2D eigenvalue weighted by Crippen LogP contribution is 2.40. The average molecular weight is 469 g/mol. The monoisotopic (exact) mass is 468 g/mol. The van der Waals surface area contributed by atoms with Crippen molar-refractivity contribution in [2.75, 3.05) is 6.61 Å². The number of phenolic OH excluding ortho intramolecular Hbond substituents is 1. The predicted molar refractivity (Wildman–Crippen MR) is 135 cm³/mol. The summed E-state index contributed by atoms with van der Waals surface area (Å²) in [6.07, 6.45) is 12.9. The van der Waals surface area contributed by atoms with Gasteiger partial charge in [0.2, 0.25) is 0 Å². The lowest BCUT2D eigenvalue weighted by Crippen LogP contribution is -2.16. The van der Waals surface area contributed by atoms with Crippen molar-refractivity contribution in [1.82, 2.24) is 0 Å². The molecule has 186 valence electrons. The predicted octanol–water partition coefficient (Wildman–Crippen LogP) is 7.68. The van der Waals surface area contributed by atoms with E-state index >= 15 is 0 Å². The normalized spacial score (nSPS) is 14.8. The van der Waals surface area contributed by atoms with E-state index in [0.717, 1.165) is 36.8 Å². The van der Waals surface area contributed by atoms with Crippen molar-refractivity contribution in [1.29, 1.82) is 0 Å². The average Bonchev–Trinajstić information content (AvgIpc) is 2.83. The van der Waals surface area contributed by atoms with Crippen LogP contribution in [-0.2, 0) is 11.2 Å². The molecule has 0 radical (unpaired) electrons. The number of hydrogen-bond acceptors (Lipinski definition) is 5. The van der Waals surface area contributed by atoms with E-state index in [0.29, 0.717) is 30.3 Å². The number of phenols is 1. The SMILES string of the molecule is CCCCCCCCCCCC(=O)Oc1ccc(C2CCc3ccc(O)cc3O2)c(OCC)c1. The van der Waals surface area contributed by atoms with Crippen LogP contribution in [0.25, 0.3) is 0 Å². The molecule has 1 aliphatic heterocycles. The molecule has 0 saturated carbocycles. The first-order valence-electron chi connectivity index (χ1n) is 13.1. The molecule has 0 amide bonds. The van der Waals surface area contributed by atoms with Crippen LogP contribution in [0.1, 0.15) is 102 Å². The lowest BCUT2D eigenvalue weighted by molar-refractivity contribution is -0.134. The van der Waals surface area contributed by atoms with Gasteiger partial charge >= 0.3 is 5.97 Å². The van der Waals surface area contributed by atoms with Gasteiger partial charge in [-0.05, 0) is 49.9 Å². The number of hydrogen-bond donors (Lipinski definition) is 1. The van der Waals surface area contributed by atoms with Gasteiger partial charge in [-0.15, -0.1) is 0 Å². The van der Waals surface area contributed by atoms with E-state index in [1.807, 2.05) is 25.1 Å². The molecule has 0 spiro atoms. The Balaban J connectivity index is 1.49. The Kier molecular flexibility index (Phi) is 10.6. The summed E-state index contributed by atoms with van der Waals surface area (Å²) in [7, 11) is 0. The fourth-order valence-electron chi connectivity index (χ4n) is 4.46. The maximum Gasteiger partial charge on any atom is 0.311 e. The molecule has 34 heavy (non-hydrogen) atoms. The zero-order valence-electron chi connectivity index (χ0n) is 20.8. The summed E-state index contributed by atoms with van der Waals surface area (Å²) in [4.78, 5) is 12.3. The molecule has 1 aliphatic rings. The molecule has 2 aromatic rings. The Morgan fingerprint density at radius 3 is 2.44 bits per heavy atom. The fourth-order valence-corrected chi connectivity index (χ4v) is 4.46. The van der Waals surface area contributed by atoms with Crippen LogP contribution in [0.15, 0.2) is 36.4 Å². The maximum absolute atomic E-state index is 12.3. The van der Waals surface area contributed by atoms with Gasteiger partial charge in [-0.1, -0.05) is 64.4 Å². The third-order valence-corrected chi connectivity index (χ3v) is 6.34. The number of fused-ring (bicyclic) bond motifs is 1. The minimum absolute atomic E-state index is 0.178. The molecule has 0 aliphatic carbocycles. The Labute approximate surface area is 204 Å². The summed E-state index contributed by atoms with van der Waals surface area (Å²) in [5, 5.41) is 9.79. The van der Waals surface area contributed by atoms with Gasteiger partial charge in [0.25, 0.3) is 0 Å². The zero-order chi connectivity index (χ0) is 24.2. The van der Waals surface area contributed by atoms with Gasteiger partial charge in [0.1, 0.15) is 29.1 Å². The number of carbonyl (C=O) groups excluding carboxylic acids is 1. The van der Waals surface area contributed by atoms with Crippen LogP contribution in [-0.4, -0.2) is 17.7 Å². The minimum Gasteiger partial charge on any atom is -0.508 e. The van der Waals surface area contributed by atoms with E-state index in [4.69, 9.17) is 14.2 Å². The number of ether oxygens (including phenoxy) is 3. The number of unbranched alkanes of at least 4 members (excludes halogenated alkanes) is 8. The molecular formula is C29H40O5. The van der Waals surface area contributed by atoms with Crippen molar-refractivity contribution >= 4 is 5.97 Å². The van der Waals surface area contributed by atoms with Crippen molar-refractivity contribution in [3.63, 3.8) is 0 Å². The zero-order valence-corrected chi connectivity index (χ0v) is 20.8. The number of aryl methyl sites for hydroxylation is 1. The number of aromatic hydroxyl groups is 1. The molecule has 0 fully saturated rings. The lowest BCUT2D eigenvalue weighted by Gasteiger charge is -2.28. The van der Waals surface area contributed by atoms with Crippen molar-refractivity contribution in [3.05, 3.63) is 47.5 Å². The highest BCUT2D eigenvalue weighted by Gasteiger charge is 2.25. The van der Waals surface area contributed by atoms with Crippen LogP contribution in [0.3, 0.4) is 0 Å². The van der Waals surface area contributed by atoms with E-state index in [1.54, 1.807) is 18.2 Å². The number of carbonyl (C=O) groups is 1. The molecule has 3 rings (SSSR count). The van der Waals surface area contributed by atoms with Crippen molar-refractivity contribution in [3.8, 4) is 23.0 Å².